The molecule has 3 heteroatoms. The molecule has 1 aliphatic heterocycles. The number of fused-ring (bicyclic) bond motifs is 6. The summed E-state index contributed by atoms with van der Waals surface area (Å²) in [5, 5.41) is 5.14. The summed E-state index contributed by atoms with van der Waals surface area (Å²) >= 11 is 4.10. The van der Waals surface area contributed by atoms with E-state index in [2.05, 4.69) is 124 Å². The molecule has 1 heterocycles. The molecule has 0 aromatic heterocycles. The van der Waals surface area contributed by atoms with Crippen LogP contribution in [0.2, 0.25) is 0 Å². The van der Waals surface area contributed by atoms with Crippen LogP contribution >= 0.6 is 15.8 Å². The lowest BCUT2D eigenvalue weighted by atomic mass is 9.57. The molecule has 5 aromatic rings. The van der Waals surface area contributed by atoms with E-state index in [1.54, 1.807) is 0 Å². The molecule has 0 radical (unpaired) electrons. The smallest absolute Gasteiger partial charge is 0.292 e. The number of nitrogens with zero attached hydrogens (tertiary/aromatic N) is 1. The highest BCUT2D eigenvalue weighted by Crippen LogP contribution is 2.39. The van der Waals surface area contributed by atoms with Gasteiger partial charge in [0.1, 0.15) is 0 Å². The first-order valence-electron chi connectivity index (χ1n) is 9.85. The highest BCUT2D eigenvalue weighted by molar-refractivity contribution is 9.25. The molecule has 5 aromatic carbocycles. The molecular weight excluding hydrogens is 417 g/mol. The van der Waals surface area contributed by atoms with Gasteiger partial charge in [0, 0.05) is 17.1 Å². The highest BCUT2D eigenvalue weighted by atomic mass is 79.9. The zero-order valence-corrected chi connectivity index (χ0v) is 17.3. The van der Waals surface area contributed by atoms with Crippen molar-refractivity contribution in [2.45, 2.75) is 0 Å². The van der Waals surface area contributed by atoms with Crippen molar-refractivity contribution in [1.82, 2.24) is 0 Å². The minimum absolute atomic E-state index is 0.129. The summed E-state index contributed by atoms with van der Waals surface area (Å²) in [6.45, 7) is 0. The molecule has 0 saturated carbocycles. The average molecular weight is 434 g/mol. The molecule has 136 valence electrons. The van der Waals surface area contributed by atoms with Crippen LogP contribution in [0.1, 0.15) is 0 Å². The van der Waals surface area contributed by atoms with Gasteiger partial charge in [0.25, 0.3) is 5.54 Å². The van der Waals surface area contributed by atoms with E-state index >= 15 is 0 Å². The Hall–Kier alpha value is -3.04. The fourth-order valence-electron chi connectivity index (χ4n) is 4.62. The monoisotopic (exact) mass is 433 g/mol. The van der Waals surface area contributed by atoms with Crippen molar-refractivity contribution in [1.29, 1.82) is 0 Å². The van der Waals surface area contributed by atoms with Crippen molar-refractivity contribution in [3.63, 3.8) is 0 Å². The minimum Gasteiger partial charge on any atom is -0.311 e. The molecule has 29 heavy (non-hydrogen) atoms. The molecule has 0 unspecified atom stereocenters. The Morgan fingerprint density at radius 3 is 1.55 bits per heavy atom. The third-order valence-corrected chi connectivity index (χ3v) is 6.81. The van der Waals surface area contributed by atoms with E-state index in [0.717, 1.165) is 0 Å². The van der Waals surface area contributed by atoms with Crippen LogP contribution in [0.4, 0.5) is 17.1 Å². The number of benzene rings is 5. The van der Waals surface area contributed by atoms with Gasteiger partial charge in [-0.2, -0.15) is 0 Å². The van der Waals surface area contributed by atoms with E-state index in [1.807, 2.05) is 0 Å². The highest BCUT2D eigenvalue weighted by Gasteiger charge is 2.35. The number of anilines is 3. The fraction of sp³-hybridized carbons (Fsp3) is 0. The molecule has 0 aliphatic carbocycles. The van der Waals surface area contributed by atoms with Crippen molar-refractivity contribution in [2.75, 3.05) is 4.90 Å². The fourth-order valence-corrected chi connectivity index (χ4v) is 5.58. The maximum atomic E-state index is 4.10. The van der Waals surface area contributed by atoms with Crippen LogP contribution < -0.4 is 15.8 Å². The first kappa shape index (κ1) is 16.9. The molecule has 0 atom stereocenters. The molecule has 0 spiro atoms. The number of hydrogen-bond donors (Lipinski definition) is 0. The summed E-state index contributed by atoms with van der Waals surface area (Å²) in [6, 6.07) is 37.0. The first-order chi connectivity index (χ1) is 14.3. The summed E-state index contributed by atoms with van der Waals surface area (Å²) in [5.74, 6) is 0. The molecule has 1 nitrogen and oxygen atoms in total. The lowest BCUT2D eigenvalue weighted by Crippen LogP contribution is -2.47. The van der Waals surface area contributed by atoms with Gasteiger partial charge in [0.15, 0.2) is 0 Å². The molecule has 0 fully saturated rings. The Balaban J connectivity index is 1.76. The zero-order chi connectivity index (χ0) is 19.4. The molecule has 0 amide bonds. The van der Waals surface area contributed by atoms with E-state index in [1.165, 1.54) is 49.5 Å². The van der Waals surface area contributed by atoms with Crippen LogP contribution in [0.25, 0.3) is 21.5 Å². The average Bonchev–Trinajstić information content (AvgIpc) is 2.79. The molecule has 0 saturated heterocycles. The van der Waals surface area contributed by atoms with Gasteiger partial charge in [-0.05, 0) is 56.7 Å². The normalized spacial score (nSPS) is 12.9. The number of para-hydroxylation sites is 1. The molecule has 0 N–H and O–H groups in total. The van der Waals surface area contributed by atoms with Crippen LogP contribution in [0.15, 0.2) is 103 Å². The third kappa shape index (κ3) is 2.47. The quantitative estimate of drug-likeness (QED) is 0.281. The van der Waals surface area contributed by atoms with Crippen molar-refractivity contribution in [3.8, 4) is 0 Å². The SMILES string of the molecule is BrB1c2c(ccc3ccccc23)N(c2ccccc2)c2ccc3ccccc3c21. The summed E-state index contributed by atoms with van der Waals surface area (Å²) < 4.78 is 0. The van der Waals surface area contributed by atoms with E-state index < -0.39 is 0 Å². The second-order valence-corrected chi connectivity index (χ2v) is 8.39. The van der Waals surface area contributed by atoms with Gasteiger partial charge >= 0.3 is 0 Å². The maximum Gasteiger partial charge on any atom is 0.292 e. The molecule has 0 bridgehead atoms. The lowest BCUT2D eigenvalue weighted by molar-refractivity contribution is 1.30. The Labute approximate surface area is 178 Å². The summed E-state index contributed by atoms with van der Waals surface area (Å²) in [4.78, 5) is 2.40. The van der Waals surface area contributed by atoms with Gasteiger partial charge in [-0.3, -0.25) is 0 Å². The van der Waals surface area contributed by atoms with Crippen molar-refractivity contribution in [3.05, 3.63) is 103 Å². The van der Waals surface area contributed by atoms with Crippen LogP contribution in [0.5, 0.6) is 0 Å². The van der Waals surface area contributed by atoms with Crippen molar-refractivity contribution in [2.24, 2.45) is 0 Å². The van der Waals surface area contributed by atoms with Gasteiger partial charge in [0.05, 0.1) is 0 Å². The van der Waals surface area contributed by atoms with Crippen LogP contribution in [0.3, 0.4) is 0 Å². The van der Waals surface area contributed by atoms with E-state index in [9.17, 15) is 0 Å². The summed E-state index contributed by atoms with van der Waals surface area (Å²) in [6.07, 6.45) is 0. The van der Waals surface area contributed by atoms with Crippen molar-refractivity contribution >= 4 is 70.8 Å². The Bertz CT molecular complexity index is 1290. The molecule has 6 rings (SSSR count). The Morgan fingerprint density at radius 2 is 1.00 bits per heavy atom. The van der Waals surface area contributed by atoms with Gasteiger partial charge in [-0.15, -0.1) is 15.8 Å². The van der Waals surface area contributed by atoms with Crippen molar-refractivity contribution < 1.29 is 0 Å². The predicted octanol–water partition coefficient (Wildman–Crippen LogP) is 6.28. The van der Waals surface area contributed by atoms with Crippen LogP contribution in [-0.4, -0.2) is 5.54 Å². The zero-order valence-electron chi connectivity index (χ0n) is 15.7. The number of halogens is 1. The third-order valence-electron chi connectivity index (χ3n) is 5.90. The second-order valence-electron chi connectivity index (χ2n) is 7.47. The minimum atomic E-state index is 0.129. The first-order valence-corrected chi connectivity index (χ1v) is 10.8. The number of hydrogen-bond acceptors (Lipinski definition) is 1. The van der Waals surface area contributed by atoms with Crippen LogP contribution in [0, 0.1) is 0 Å². The largest absolute Gasteiger partial charge is 0.311 e. The van der Waals surface area contributed by atoms with E-state index in [0.29, 0.717) is 0 Å². The standard InChI is InChI=1S/C26H17BBrN/c28-27-25-21-12-6-4-8-18(21)14-16-23(25)29(20-10-2-1-3-11-20)24-17-15-19-9-5-7-13-22(19)26(24)27/h1-17H. The maximum absolute atomic E-state index is 4.10. The van der Waals surface area contributed by atoms with Crippen LogP contribution in [-0.2, 0) is 0 Å². The van der Waals surface area contributed by atoms with Gasteiger partial charge < -0.3 is 4.90 Å². The summed E-state index contributed by atoms with van der Waals surface area (Å²) in [5.41, 5.74) is 6.44. The van der Waals surface area contributed by atoms with Gasteiger partial charge in [-0.25, -0.2) is 0 Å². The second kappa shape index (κ2) is 6.50. The van der Waals surface area contributed by atoms with E-state index in [-0.39, 0.29) is 5.54 Å². The topological polar surface area (TPSA) is 3.24 Å². The molecule has 1 aliphatic rings. The van der Waals surface area contributed by atoms with E-state index in [4.69, 9.17) is 0 Å². The predicted molar refractivity (Wildman–Crippen MR) is 130 cm³/mol. The van der Waals surface area contributed by atoms with Gasteiger partial charge in [-0.1, -0.05) is 78.9 Å². The Kier molecular flexibility index (Phi) is 3.78. The summed E-state index contributed by atoms with van der Waals surface area (Å²) in [7, 11) is 0. The number of rotatable bonds is 1. The molecular formula is C26H17BBrN. The lowest BCUT2D eigenvalue weighted by Gasteiger charge is -2.36. The Morgan fingerprint density at radius 1 is 0.517 bits per heavy atom. The van der Waals surface area contributed by atoms with Gasteiger partial charge in [0.2, 0.25) is 0 Å².